The predicted molar refractivity (Wildman–Crippen MR) is 96.6 cm³/mol. The molecule has 10 heteroatoms. The Kier molecular flexibility index (Phi) is 4.78. The monoisotopic (exact) mass is 384 g/mol. The number of benzene rings is 1. The second kappa shape index (κ2) is 7.39. The van der Waals surface area contributed by atoms with Gasteiger partial charge in [0.25, 0.3) is 11.8 Å². The predicted octanol–water partition coefficient (Wildman–Crippen LogP) is 0.00190. The summed E-state index contributed by atoms with van der Waals surface area (Å²) in [5, 5.41) is 16.0. The lowest BCUT2D eigenvalue weighted by atomic mass is 9.78. The summed E-state index contributed by atoms with van der Waals surface area (Å²) in [4.78, 5) is 38.2. The van der Waals surface area contributed by atoms with Gasteiger partial charge in [0.05, 0.1) is 18.4 Å². The molecule has 1 aromatic heterocycles. The van der Waals surface area contributed by atoms with Crippen LogP contribution in [0.15, 0.2) is 36.5 Å². The first kappa shape index (κ1) is 18.1. The lowest BCUT2D eigenvalue weighted by Crippen LogP contribution is -2.61. The number of carbonyl (C=O) groups excluding carboxylic acids is 3. The zero-order valence-corrected chi connectivity index (χ0v) is 15.1. The van der Waals surface area contributed by atoms with Gasteiger partial charge in [-0.1, -0.05) is 18.2 Å². The van der Waals surface area contributed by atoms with Crippen LogP contribution in [0.1, 0.15) is 23.3 Å². The molecule has 3 N–H and O–H groups in total. The van der Waals surface area contributed by atoms with Gasteiger partial charge >= 0.3 is 6.03 Å². The van der Waals surface area contributed by atoms with E-state index in [9.17, 15) is 14.4 Å². The molecule has 4 amide bonds. The van der Waals surface area contributed by atoms with Gasteiger partial charge in [-0.25, -0.2) is 4.79 Å². The third-order valence-corrected chi connectivity index (χ3v) is 5.13. The molecule has 0 spiro atoms. The summed E-state index contributed by atoms with van der Waals surface area (Å²) in [5.74, 6) is -1.03. The number of ether oxygens (including phenoxy) is 1. The first-order chi connectivity index (χ1) is 13.6. The number of rotatable bonds is 5. The third kappa shape index (κ3) is 3.33. The Labute approximate surface area is 160 Å². The maximum Gasteiger partial charge on any atom is 0.322 e. The van der Waals surface area contributed by atoms with Crippen molar-refractivity contribution in [1.29, 1.82) is 0 Å². The smallest absolute Gasteiger partial charge is 0.322 e. The highest BCUT2D eigenvalue weighted by Gasteiger charge is 2.52. The maximum atomic E-state index is 12.6. The van der Waals surface area contributed by atoms with E-state index in [4.69, 9.17) is 4.74 Å². The molecule has 2 saturated heterocycles. The van der Waals surface area contributed by atoms with Crippen molar-refractivity contribution in [2.45, 2.75) is 18.4 Å². The SMILES string of the molecule is O=C1NC(=O)C(CNC(=O)c2cnn(-c3ccccc3)n2)(C2CCOCC2)N1. The van der Waals surface area contributed by atoms with Crippen molar-refractivity contribution in [2.24, 2.45) is 5.92 Å². The first-order valence-corrected chi connectivity index (χ1v) is 9.06. The van der Waals surface area contributed by atoms with E-state index in [2.05, 4.69) is 26.1 Å². The largest absolute Gasteiger partial charge is 0.381 e. The zero-order chi connectivity index (χ0) is 19.6. The summed E-state index contributed by atoms with van der Waals surface area (Å²) < 4.78 is 5.35. The summed E-state index contributed by atoms with van der Waals surface area (Å²) in [6.07, 6.45) is 2.60. The van der Waals surface area contributed by atoms with Crippen LogP contribution in [-0.2, 0) is 9.53 Å². The fourth-order valence-electron chi connectivity index (χ4n) is 3.61. The highest BCUT2D eigenvalue weighted by atomic mass is 16.5. The van der Waals surface area contributed by atoms with Crippen molar-refractivity contribution in [3.05, 3.63) is 42.2 Å². The molecule has 0 aliphatic carbocycles. The van der Waals surface area contributed by atoms with Crippen LogP contribution in [-0.4, -0.2) is 58.1 Å². The Hall–Kier alpha value is -3.27. The quantitative estimate of drug-likeness (QED) is 0.623. The second-order valence-electron chi connectivity index (χ2n) is 6.80. The minimum absolute atomic E-state index is 0.0354. The van der Waals surface area contributed by atoms with Crippen molar-refractivity contribution in [3.63, 3.8) is 0 Å². The fourth-order valence-corrected chi connectivity index (χ4v) is 3.61. The van der Waals surface area contributed by atoms with Gasteiger partial charge in [0.2, 0.25) is 0 Å². The number of hydrogen-bond donors (Lipinski definition) is 3. The van der Waals surface area contributed by atoms with Gasteiger partial charge in [0.15, 0.2) is 5.69 Å². The molecule has 0 saturated carbocycles. The number of aromatic nitrogens is 3. The molecule has 2 aromatic rings. The molecule has 146 valence electrons. The highest BCUT2D eigenvalue weighted by molar-refractivity contribution is 6.07. The summed E-state index contributed by atoms with van der Waals surface area (Å²) in [5.41, 5.74) is -0.343. The van der Waals surface area contributed by atoms with Gasteiger partial charge in [-0.15, -0.1) is 5.10 Å². The standard InChI is InChI=1S/C18H20N6O4/c25-15(14-10-20-24(23-14)13-4-2-1-3-5-13)19-11-18(12-6-8-28-9-7-12)16(26)21-17(27)22-18/h1-5,10,12H,6-9,11H2,(H,19,25)(H2,21,22,26,27). The first-order valence-electron chi connectivity index (χ1n) is 9.06. The molecule has 1 aromatic carbocycles. The molecule has 0 radical (unpaired) electrons. The number of nitrogens with one attached hydrogen (secondary N) is 3. The average Bonchev–Trinajstić information content (AvgIpc) is 3.33. The van der Waals surface area contributed by atoms with Gasteiger partial charge in [0.1, 0.15) is 5.54 Å². The minimum atomic E-state index is -1.19. The van der Waals surface area contributed by atoms with Crippen LogP contribution in [0.2, 0.25) is 0 Å². The van der Waals surface area contributed by atoms with E-state index in [1.807, 2.05) is 30.3 Å². The lowest BCUT2D eigenvalue weighted by Gasteiger charge is -2.37. The molecule has 28 heavy (non-hydrogen) atoms. The van der Waals surface area contributed by atoms with Crippen LogP contribution >= 0.6 is 0 Å². The van der Waals surface area contributed by atoms with Crippen molar-refractivity contribution in [1.82, 2.24) is 30.9 Å². The molecule has 1 atom stereocenters. The van der Waals surface area contributed by atoms with E-state index < -0.39 is 23.4 Å². The molecule has 3 heterocycles. The van der Waals surface area contributed by atoms with E-state index in [1.165, 1.54) is 11.0 Å². The number of carbonyl (C=O) groups is 3. The van der Waals surface area contributed by atoms with Gasteiger partial charge < -0.3 is 15.4 Å². The molecular weight excluding hydrogens is 364 g/mol. The summed E-state index contributed by atoms with van der Waals surface area (Å²) >= 11 is 0. The number of imide groups is 1. The average molecular weight is 384 g/mol. The van der Waals surface area contributed by atoms with E-state index in [0.717, 1.165) is 5.69 Å². The van der Waals surface area contributed by atoms with Crippen LogP contribution in [0.25, 0.3) is 5.69 Å². The Morgan fingerprint density at radius 2 is 2.00 bits per heavy atom. The van der Waals surface area contributed by atoms with Crippen LogP contribution in [0.3, 0.4) is 0 Å². The molecule has 1 unspecified atom stereocenters. The van der Waals surface area contributed by atoms with Crippen molar-refractivity contribution >= 4 is 17.8 Å². The van der Waals surface area contributed by atoms with Crippen LogP contribution in [0, 0.1) is 5.92 Å². The number of urea groups is 1. The molecule has 4 rings (SSSR count). The molecule has 0 bridgehead atoms. The summed E-state index contributed by atoms with van der Waals surface area (Å²) in [6, 6.07) is 8.65. The van der Waals surface area contributed by atoms with Crippen molar-refractivity contribution < 1.29 is 19.1 Å². The summed E-state index contributed by atoms with van der Waals surface area (Å²) in [6.45, 7) is 0.982. The molecule has 2 aliphatic heterocycles. The Balaban J connectivity index is 1.48. The van der Waals surface area contributed by atoms with Gasteiger partial charge in [-0.3, -0.25) is 14.9 Å². The number of hydrogen-bond acceptors (Lipinski definition) is 6. The van der Waals surface area contributed by atoms with Crippen molar-refractivity contribution in [2.75, 3.05) is 19.8 Å². The minimum Gasteiger partial charge on any atom is -0.381 e. The Morgan fingerprint density at radius 1 is 1.25 bits per heavy atom. The molecular formula is C18H20N6O4. The van der Waals surface area contributed by atoms with E-state index in [0.29, 0.717) is 26.1 Å². The molecule has 10 nitrogen and oxygen atoms in total. The molecule has 2 fully saturated rings. The molecule has 2 aliphatic rings. The van der Waals surface area contributed by atoms with E-state index in [1.54, 1.807) is 0 Å². The van der Waals surface area contributed by atoms with Crippen LogP contribution in [0.5, 0.6) is 0 Å². The van der Waals surface area contributed by atoms with E-state index in [-0.39, 0.29) is 18.2 Å². The normalized spacial score (nSPS) is 22.6. The topological polar surface area (TPSA) is 127 Å². The maximum absolute atomic E-state index is 12.6. The van der Waals surface area contributed by atoms with Gasteiger partial charge in [-0.05, 0) is 30.9 Å². The lowest BCUT2D eigenvalue weighted by molar-refractivity contribution is -0.127. The van der Waals surface area contributed by atoms with Gasteiger partial charge in [-0.2, -0.15) is 9.90 Å². The Morgan fingerprint density at radius 3 is 2.68 bits per heavy atom. The summed E-state index contributed by atoms with van der Waals surface area (Å²) in [7, 11) is 0. The fraction of sp³-hybridized carbons (Fsp3) is 0.389. The van der Waals surface area contributed by atoms with E-state index >= 15 is 0 Å². The Bertz CT molecular complexity index is 892. The highest BCUT2D eigenvalue weighted by Crippen LogP contribution is 2.30. The van der Waals surface area contributed by atoms with Gasteiger partial charge in [0, 0.05) is 13.2 Å². The van der Waals surface area contributed by atoms with Crippen LogP contribution < -0.4 is 16.0 Å². The third-order valence-electron chi connectivity index (χ3n) is 5.13. The number of amides is 4. The van der Waals surface area contributed by atoms with Crippen molar-refractivity contribution in [3.8, 4) is 5.69 Å². The second-order valence-corrected chi connectivity index (χ2v) is 6.80. The number of para-hydroxylation sites is 1. The number of nitrogens with zero attached hydrogens (tertiary/aromatic N) is 3. The zero-order valence-electron chi connectivity index (χ0n) is 15.1. The van der Waals surface area contributed by atoms with Crippen LogP contribution in [0.4, 0.5) is 4.79 Å².